The molecule has 0 aliphatic heterocycles. The van der Waals surface area contributed by atoms with Crippen molar-refractivity contribution in [3.05, 3.63) is 72.8 Å². The van der Waals surface area contributed by atoms with Gasteiger partial charge in [0.25, 0.3) is 0 Å². The van der Waals surface area contributed by atoms with Crippen LogP contribution in [0.3, 0.4) is 0 Å². The first-order valence-corrected chi connectivity index (χ1v) is 9.69. The van der Waals surface area contributed by atoms with Crippen LogP contribution in [0.4, 0.5) is 0 Å². The molecule has 0 fully saturated rings. The molecule has 0 atom stereocenters. The van der Waals surface area contributed by atoms with Crippen molar-refractivity contribution in [3.63, 3.8) is 0 Å². The zero-order valence-electron chi connectivity index (χ0n) is 14.5. The Morgan fingerprint density at radius 2 is 1.22 bits per heavy atom. The summed E-state index contributed by atoms with van der Waals surface area (Å²) >= 11 is 0. The van der Waals surface area contributed by atoms with E-state index in [9.17, 15) is 4.79 Å². The van der Waals surface area contributed by atoms with E-state index in [1.165, 1.54) is 6.92 Å². The molecule has 27 heavy (non-hydrogen) atoms. The van der Waals surface area contributed by atoms with E-state index in [0.717, 1.165) is 32.3 Å². The number of hydrogen-bond acceptors (Lipinski definition) is 4. The van der Waals surface area contributed by atoms with E-state index in [2.05, 4.69) is 24.3 Å². The molecule has 0 radical (unpaired) electrons. The standard InChI is InChI=1S/C22H15O4P/c1-14(23)24-27-25-19-12-10-15-6-2-4-8-17(15)21(19)22-18-9-5-3-7-16(18)11-13-20(22)26-27/h2-13H,1H3. The minimum Gasteiger partial charge on any atom is -0.390 e. The lowest BCUT2D eigenvalue weighted by molar-refractivity contribution is -0.128. The van der Waals surface area contributed by atoms with Crippen LogP contribution in [0.5, 0.6) is 0 Å². The summed E-state index contributed by atoms with van der Waals surface area (Å²) in [4.78, 5) is 11.5. The second-order valence-corrected chi connectivity index (χ2v) is 7.30. The highest BCUT2D eigenvalue weighted by Gasteiger charge is 2.14. The minimum absolute atomic E-state index is 0.437. The number of hydrogen-bond donors (Lipinski definition) is 0. The van der Waals surface area contributed by atoms with Crippen molar-refractivity contribution >= 4 is 57.7 Å². The molecule has 0 aliphatic carbocycles. The van der Waals surface area contributed by atoms with E-state index in [0.29, 0.717) is 11.2 Å². The molecule has 0 bridgehead atoms. The third-order valence-electron chi connectivity index (χ3n) is 4.58. The highest BCUT2D eigenvalue weighted by Crippen LogP contribution is 2.40. The number of carbonyl (C=O) groups excluding carboxylic acids is 1. The van der Waals surface area contributed by atoms with E-state index >= 15 is 0 Å². The molecule has 0 saturated carbocycles. The van der Waals surface area contributed by atoms with Crippen LogP contribution in [0.1, 0.15) is 6.92 Å². The van der Waals surface area contributed by atoms with Crippen LogP contribution in [0, 0.1) is 0 Å². The first-order valence-electron chi connectivity index (χ1n) is 8.59. The fourth-order valence-corrected chi connectivity index (χ4v) is 4.44. The largest absolute Gasteiger partial charge is 0.455 e. The molecule has 1 heterocycles. The lowest BCUT2D eigenvalue weighted by atomic mass is 9.99. The highest BCUT2D eigenvalue weighted by atomic mass is 31.1. The second kappa shape index (κ2) is 6.19. The molecule has 0 saturated heterocycles. The molecule has 5 heteroatoms. The summed E-state index contributed by atoms with van der Waals surface area (Å²) in [6.45, 7) is 1.35. The summed E-state index contributed by atoms with van der Waals surface area (Å²) in [7, 11) is -1.87. The number of fused-ring (bicyclic) bond motifs is 7. The molecular formula is C22H15O4P. The number of rotatable bonds is 1. The van der Waals surface area contributed by atoms with Crippen molar-refractivity contribution in [3.8, 4) is 0 Å². The molecule has 0 unspecified atom stereocenters. The van der Waals surface area contributed by atoms with E-state index in [4.69, 9.17) is 12.9 Å². The van der Waals surface area contributed by atoms with Crippen molar-refractivity contribution in [2.75, 3.05) is 0 Å². The van der Waals surface area contributed by atoms with Crippen molar-refractivity contribution in [1.29, 1.82) is 0 Å². The maximum Gasteiger partial charge on any atom is 0.455 e. The summed E-state index contributed by atoms with van der Waals surface area (Å²) in [6.07, 6.45) is 0. The smallest absolute Gasteiger partial charge is 0.390 e. The predicted molar refractivity (Wildman–Crippen MR) is 109 cm³/mol. The first-order chi connectivity index (χ1) is 13.2. The summed E-state index contributed by atoms with van der Waals surface area (Å²) in [5, 5.41) is 6.26. The Labute approximate surface area is 155 Å². The van der Waals surface area contributed by atoms with Gasteiger partial charge in [0, 0.05) is 17.7 Å². The van der Waals surface area contributed by atoms with Gasteiger partial charge < -0.3 is 12.9 Å². The summed E-state index contributed by atoms with van der Waals surface area (Å²) in [5.74, 6) is -0.437. The Morgan fingerprint density at radius 1 is 0.741 bits per heavy atom. The van der Waals surface area contributed by atoms with E-state index in [-0.39, 0.29) is 0 Å². The minimum atomic E-state index is -1.87. The van der Waals surface area contributed by atoms with Gasteiger partial charge in [0.05, 0.1) is 0 Å². The monoisotopic (exact) mass is 374 g/mol. The lowest BCUT2D eigenvalue weighted by Crippen LogP contribution is -1.97. The Hall–Kier alpha value is -3.23. The van der Waals surface area contributed by atoms with Gasteiger partial charge in [0.1, 0.15) is 11.2 Å². The summed E-state index contributed by atoms with van der Waals surface area (Å²) in [6, 6.07) is 24.2. The average Bonchev–Trinajstić information content (AvgIpc) is 2.83. The molecule has 1 aromatic heterocycles. The molecule has 132 valence electrons. The fraction of sp³-hybridized carbons (Fsp3) is 0.0455. The second-order valence-electron chi connectivity index (χ2n) is 6.31. The highest BCUT2D eigenvalue weighted by molar-refractivity contribution is 7.32. The zero-order valence-corrected chi connectivity index (χ0v) is 15.4. The number of carbonyl (C=O) groups is 1. The maximum absolute atomic E-state index is 11.5. The van der Waals surface area contributed by atoms with Gasteiger partial charge in [-0.1, -0.05) is 60.7 Å². The fourth-order valence-electron chi connectivity index (χ4n) is 3.49. The van der Waals surface area contributed by atoms with Crippen LogP contribution >= 0.6 is 8.24 Å². The van der Waals surface area contributed by atoms with E-state index in [1.54, 1.807) is 0 Å². The Morgan fingerprint density at radius 3 is 1.70 bits per heavy atom. The molecule has 5 rings (SSSR count). The quantitative estimate of drug-likeness (QED) is 0.333. The molecule has 4 aromatic carbocycles. The van der Waals surface area contributed by atoms with Gasteiger partial charge in [-0.15, -0.1) is 0 Å². The predicted octanol–water partition coefficient (Wildman–Crippen LogP) is 6.57. The summed E-state index contributed by atoms with van der Waals surface area (Å²) in [5.41, 5.74) is 1.30. The van der Waals surface area contributed by atoms with Gasteiger partial charge in [-0.3, -0.25) is 4.79 Å². The molecule has 0 spiro atoms. The molecule has 0 amide bonds. The van der Waals surface area contributed by atoms with E-state index < -0.39 is 14.2 Å². The van der Waals surface area contributed by atoms with Gasteiger partial charge in [-0.25, -0.2) is 0 Å². The van der Waals surface area contributed by atoms with Crippen molar-refractivity contribution < 1.29 is 17.7 Å². The van der Waals surface area contributed by atoms with Gasteiger partial charge in [0.15, 0.2) is 0 Å². The van der Waals surface area contributed by atoms with Crippen LogP contribution < -0.4 is 4.52 Å². The van der Waals surface area contributed by atoms with Crippen LogP contribution in [-0.2, 0) is 4.79 Å². The van der Waals surface area contributed by atoms with Crippen LogP contribution in [0.25, 0.3) is 43.5 Å². The average molecular weight is 374 g/mol. The number of benzene rings is 4. The Kier molecular flexibility index (Phi) is 3.66. The third kappa shape index (κ3) is 2.66. The zero-order chi connectivity index (χ0) is 18.4. The van der Waals surface area contributed by atoms with Gasteiger partial charge in [-0.05, 0) is 33.7 Å². The normalized spacial score (nSPS) is 11.3. The Bertz CT molecular complexity index is 1290. The van der Waals surface area contributed by atoms with Crippen molar-refractivity contribution in [2.24, 2.45) is 0 Å². The first kappa shape index (κ1) is 16.0. The van der Waals surface area contributed by atoms with Crippen molar-refractivity contribution in [2.45, 2.75) is 6.92 Å². The van der Waals surface area contributed by atoms with Crippen LogP contribution in [0.15, 0.2) is 81.2 Å². The molecular weight excluding hydrogens is 359 g/mol. The maximum atomic E-state index is 11.5. The van der Waals surface area contributed by atoms with Crippen LogP contribution in [-0.4, -0.2) is 5.97 Å². The molecule has 0 N–H and O–H groups in total. The lowest BCUT2D eigenvalue weighted by Gasteiger charge is -2.05. The van der Waals surface area contributed by atoms with Gasteiger partial charge in [0.2, 0.25) is 0 Å². The topological polar surface area (TPSA) is 52.6 Å². The molecule has 0 aliphatic rings. The van der Waals surface area contributed by atoms with Gasteiger partial charge in [-0.2, -0.15) is 0 Å². The molecule has 4 nitrogen and oxygen atoms in total. The van der Waals surface area contributed by atoms with E-state index in [1.807, 2.05) is 48.5 Å². The SMILES string of the molecule is CC(=O)Op1oc2ccc3ccccc3c2c2c(ccc3ccccc32)o1. The van der Waals surface area contributed by atoms with Gasteiger partial charge >= 0.3 is 14.2 Å². The third-order valence-corrected chi connectivity index (χ3v) is 5.68. The van der Waals surface area contributed by atoms with Crippen LogP contribution in [0.2, 0.25) is 0 Å². The molecule has 5 aromatic rings. The van der Waals surface area contributed by atoms with Crippen molar-refractivity contribution in [1.82, 2.24) is 0 Å². The Balaban J connectivity index is 2.11. The summed E-state index contributed by atoms with van der Waals surface area (Å²) < 4.78 is 17.3.